The summed E-state index contributed by atoms with van der Waals surface area (Å²) in [6.45, 7) is 3.73. The Morgan fingerprint density at radius 1 is 1.28 bits per heavy atom. The lowest BCUT2D eigenvalue weighted by Gasteiger charge is -2.10. The number of hydrogen-bond donors (Lipinski definition) is 2. The van der Waals surface area contributed by atoms with Crippen molar-refractivity contribution in [3.05, 3.63) is 53.3 Å². The summed E-state index contributed by atoms with van der Waals surface area (Å²) in [6, 6.07) is 7.09. The van der Waals surface area contributed by atoms with Crippen LogP contribution in [0.5, 0.6) is 0 Å². The molecule has 0 atom stereocenters. The Kier molecular flexibility index (Phi) is 3.28. The van der Waals surface area contributed by atoms with Crippen LogP contribution in [0.2, 0.25) is 0 Å². The molecule has 0 aliphatic heterocycles. The Labute approximate surface area is 106 Å². The van der Waals surface area contributed by atoms with Gasteiger partial charge in [-0.25, -0.2) is 0 Å². The van der Waals surface area contributed by atoms with Gasteiger partial charge in [-0.05, 0) is 43.2 Å². The summed E-state index contributed by atoms with van der Waals surface area (Å²) < 4.78 is 0. The highest BCUT2D eigenvalue weighted by Gasteiger charge is 2.11. The minimum atomic E-state index is -0.158. The first-order valence-corrected chi connectivity index (χ1v) is 5.66. The van der Waals surface area contributed by atoms with Crippen LogP contribution in [-0.2, 0) is 0 Å². The van der Waals surface area contributed by atoms with Crippen molar-refractivity contribution >= 4 is 17.3 Å². The van der Waals surface area contributed by atoms with Gasteiger partial charge >= 0.3 is 0 Å². The molecule has 2 rings (SSSR count). The van der Waals surface area contributed by atoms with Gasteiger partial charge < -0.3 is 11.1 Å². The number of nitrogens with two attached hydrogens (primary N) is 1. The van der Waals surface area contributed by atoms with Gasteiger partial charge in [-0.15, -0.1) is 0 Å². The molecule has 0 spiro atoms. The third kappa shape index (κ3) is 2.32. The quantitative estimate of drug-likeness (QED) is 0.794. The maximum atomic E-state index is 12.2. The largest absolute Gasteiger partial charge is 0.398 e. The molecule has 1 aromatic carbocycles. The van der Waals surface area contributed by atoms with E-state index in [2.05, 4.69) is 10.3 Å². The SMILES string of the molecule is Cc1cnccc1NC(=O)c1cccc(N)c1C. The summed E-state index contributed by atoms with van der Waals surface area (Å²) in [7, 11) is 0. The summed E-state index contributed by atoms with van der Waals surface area (Å²) in [5, 5.41) is 2.86. The molecule has 0 saturated carbocycles. The van der Waals surface area contributed by atoms with Gasteiger partial charge in [-0.3, -0.25) is 9.78 Å². The summed E-state index contributed by atoms with van der Waals surface area (Å²) in [5.41, 5.74) is 9.48. The molecule has 0 radical (unpaired) electrons. The Morgan fingerprint density at radius 2 is 2.06 bits per heavy atom. The van der Waals surface area contributed by atoms with E-state index < -0.39 is 0 Å². The van der Waals surface area contributed by atoms with Gasteiger partial charge in [0.15, 0.2) is 0 Å². The standard InChI is InChI=1S/C14H15N3O/c1-9-8-16-7-6-13(9)17-14(18)11-4-3-5-12(15)10(11)2/h3-8H,15H2,1-2H3,(H,16,17,18). The lowest BCUT2D eigenvalue weighted by atomic mass is 10.1. The summed E-state index contributed by atoms with van der Waals surface area (Å²) in [5.74, 6) is -0.158. The van der Waals surface area contributed by atoms with E-state index in [0.717, 1.165) is 16.8 Å². The fraction of sp³-hybridized carbons (Fsp3) is 0.143. The molecule has 0 fully saturated rings. The fourth-order valence-electron chi connectivity index (χ4n) is 1.70. The molecule has 1 heterocycles. The molecule has 0 aliphatic carbocycles. The van der Waals surface area contributed by atoms with Crippen molar-refractivity contribution in [2.75, 3.05) is 11.1 Å². The van der Waals surface area contributed by atoms with Crippen LogP contribution in [-0.4, -0.2) is 10.9 Å². The van der Waals surface area contributed by atoms with Crippen molar-refractivity contribution in [2.45, 2.75) is 13.8 Å². The molecular formula is C14H15N3O. The highest BCUT2D eigenvalue weighted by Crippen LogP contribution is 2.18. The molecule has 1 aromatic heterocycles. The van der Waals surface area contributed by atoms with Crippen LogP contribution in [0.25, 0.3) is 0 Å². The first-order valence-electron chi connectivity index (χ1n) is 5.66. The van der Waals surface area contributed by atoms with Crippen LogP contribution in [0.3, 0.4) is 0 Å². The number of amides is 1. The monoisotopic (exact) mass is 241 g/mol. The van der Waals surface area contributed by atoms with Gasteiger partial charge in [-0.1, -0.05) is 6.07 Å². The van der Waals surface area contributed by atoms with Crippen LogP contribution in [0.1, 0.15) is 21.5 Å². The third-order valence-corrected chi connectivity index (χ3v) is 2.89. The fourth-order valence-corrected chi connectivity index (χ4v) is 1.70. The van der Waals surface area contributed by atoms with Crippen LogP contribution >= 0.6 is 0 Å². The molecule has 4 heteroatoms. The van der Waals surface area contributed by atoms with Gasteiger partial charge in [0.25, 0.3) is 5.91 Å². The van der Waals surface area contributed by atoms with Crippen LogP contribution in [0, 0.1) is 13.8 Å². The Bertz CT molecular complexity index is 593. The number of aromatic nitrogens is 1. The minimum Gasteiger partial charge on any atom is -0.398 e. The van der Waals surface area contributed by atoms with Crippen molar-refractivity contribution < 1.29 is 4.79 Å². The molecule has 2 aromatic rings. The van der Waals surface area contributed by atoms with E-state index in [1.54, 1.807) is 36.7 Å². The number of anilines is 2. The molecular weight excluding hydrogens is 226 g/mol. The average Bonchev–Trinajstić information content (AvgIpc) is 2.35. The van der Waals surface area contributed by atoms with Crippen molar-refractivity contribution in [2.24, 2.45) is 0 Å². The number of nitrogen functional groups attached to an aromatic ring is 1. The normalized spacial score (nSPS) is 10.1. The number of nitrogens with one attached hydrogen (secondary N) is 1. The van der Waals surface area contributed by atoms with Gasteiger partial charge in [0.05, 0.1) is 0 Å². The van der Waals surface area contributed by atoms with Crippen molar-refractivity contribution in [3.63, 3.8) is 0 Å². The molecule has 4 nitrogen and oxygen atoms in total. The zero-order valence-corrected chi connectivity index (χ0v) is 10.4. The molecule has 0 unspecified atom stereocenters. The van der Waals surface area contributed by atoms with E-state index in [-0.39, 0.29) is 5.91 Å². The lowest BCUT2D eigenvalue weighted by Crippen LogP contribution is -2.14. The number of carbonyl (C=O) groups excluding carboxylic acids is 1. The van der Waals surface area contributed by atoms with Crippen molar-refractivity contribution in [1.29, 1.82) is 0 Å². The number of hydrogen-bond acceptors (Lipinski definition) is 3. The van der Waals surface area contributed by atoms with E-state index in [1.165, 1.54) is 0 Å². The number of pyridine rings is 1. The predicted octanol–water partition coefficient (Wildman–Crippen LogP) is 2.53. The van der Waals surface area contributed by atoms with Crippen LogP contribution in [0.4, 0.5) is 11.4 Å². The Morgan fingerprint density at radius 3 is 2.78 bits per heavy atom. The second-order valence-corrected chi connectivity index (χ2v) is 4.16. The molecule has 1 amide bonds. The second-order valence-electron chi connectivity index (χ2n) is 4.16. The van der Waals surface area contributed by atoms with Crippen LogP contribution in [0.15, 0.2) is 36.7 Å². The molecule has 92 valence electrons. The van der Waals surface area contributed by atoms with Gasteiger partial charge in [0.2, 0.25) is 0 Å². The molecule has 0 saturated heterocycles. The number of carbonyl (C=O) groups is 1. The maximum Gasteiger partial charge on any atom is 0.256 e. The zero-order valence-electron chi connectivity index (χ0n) is 10.4. The molecule has 18 heavy (non-hydrogen) atoms. The number of nitrogens with zero attached hydrogens (tertiary/aromatic N) is 1. The summed E-state index contributed by atoms with van der Waals surface area (Å²) >= 11 is 0. The van der Waals surface area contributed by atoms with Gasteiger partial charge in [0, 0.05) is 29.3 Å². The van der Waals surface area contributed by atoms with Crippen LogP contribution < -0.4 is 11.1 Å². The van der Waals surface area contributed by atoms with Gasteiger partial charge in [-0.2, -0.15) is 0 Å². The molecule has 3 N–H and O–H groups in total. The van der Waals surface area contributed by atoms with Crippen molar-refractivity contribution in [3.8, 4) is 0 Å². The lowest BCUT2D eigenvalue weighted by molar-refractivity contribution is 0.102. The topological polar surface area (TPSA) is 68.0 Å². The first kappa shape index (κ1) is 12.1. The third-order valence-electron chi connectivity index (χ3n) is 2.89. The molecule has 0 aliphatic rings. The Balaban J connectivity index is 2.28. The second kappa shape index (κ2) is 4.87. The molecule has 0 bridgehead atoms. The predicted molar refractivity (Wildman–Crippen MR) is 72.5 cm³/mol. The van der Waals surface area contributed by atoms with E-state index in [1.807, 2.05) is 13.8 Å². The number of aryl methyl sites for hydroxylation is 1. The highest BCUT2D eigenvalue weighted by atomic mass is 16.1. The average molecular weight is 241 g/mol. The van der Waals surface area contributed by atoms with E-state index in [0.29, 0.717) is 11.3 Å². The van der Waals surface area contributed by atoms with Crippen molar-refractivity contribution in [1.82, 2.24) is 4.98 Å². The smallest absolute Gasteiger partial charge is 0.256 e. The maximum absolute atomic E-state index is 12.2. The zero-order chi connectivity index (χ0) is 13.1. The summed E-state index contributed by atoms with van der Waals surface area (Å²) in [4.78, 5) is 16.1. The number of rotatable bonds is 2. The highest BCUT2D eigenvalue weighted by molar-refractivity contribution is 6.06. The first-order chi connectivity index (χ1) is 8.59. The van der Waals surface area contributed by atoms with E-state index in [4.69, 9.17) is 5.73 Å². The van der Waals surface area contributed by atoms with E-state index in [9.17, 15) is 4.79 Å². The summed E-state index contributed by atoms with van der Waals surface area (Å²) in [6.07, 6.45) is 3.36. The minimum absolute atomic E-state index is 0.158. The van der Waals surface area contributed by atoms with Gasteiger partial charge in [0.1, 0.15) is 0 Å². The van der Waals surface area contributed by atoms with E-state index >= 15 is 0 Å². The Hall–Kier alpha value is -2.36. The number of benzene rings is 1.